The van der Waals surface area contributed by atoms with Crippen LogP contribution in [-0.2, 0) is 0 Å². The van der Waals surface area contributed by atoms with E-state index in [1.165, 1.54) is 5.56 Å². The Morgan fingerprint density at radius 2 is 1.83 bits per heavy atom. The van der Waals surface area contributed by atoms with Crippen molar-refractivity contribution in [1.29, 1.82) is 0 Å². The number of rotatable bonds is 6. The molecule has 0 aliphatic heterocycles. The number of amides is 1. The average molecular weight is 326 g/mol. The van der Waals surface area contributed by atoms with Crippen LogP contribution in [0.25, 0.3) is 0 Å². The Hall–Kier alpha value is -2.43. The summed E-state index contributed by atoms with van der Waals surface area (Å²) in [7, 11) is 0. The van der Waals surface area contributed by atoms with Gasteiger partial charge in [-0.3, -0.25) is 4.79 Å². The van der Waals surface area contributed by atoms with Gasteiger partial charge in [0.15, 0.2) is 11.5 Å². The molecule has 0 atom stereocenters. The SMILES string of the molecule is Cc1cccc(C(C)C)c1Nc1ccc(C(=O)NCC(C)C)nn1. The van der Waals surface area contributed by atoms with Gasteiger partial charge in [0, 0.05) is 12.2 Å². The highest BCUT2D eigenvalue weighted by Gasteiger charge is 2.12. The van der Waals surface area contributed by atoms with Crippen molar-refractivity contribution in [2.24, 2.45) is 5.92 Å². The molecule has 0 aliphatic rings. The number of para-hydroxylation sites is 1. The number of benzene rings is 1. The van der Waals surface area contributed by atoms with E-state index >= 15 is 0 Å². The van der Waals surface area contributed by atoms with E-state index in [4.69, 9.17) is 0 Å². The predicted molar refractivity (Wildman–Crippen MR) is 97.8 cm³/mol. The Kier molecular flexibility index (Phi) is 5.90. The summed E-state index contributed by atoms with van der Waals surface area (Å²) in [6.07, 6.45) is 0. The average Bonchev–Trinajstić information content (AvgIpc) is 2.55. The second-order valence-electron chi connectivity index (χ2n) is 6.73. The van der Waals surface area contributed by atoms with Gasteiger partial charge in [-0.15, -0.1) is 10.2 Å². The molecule has 0 aliphatic carbocycles. The first-order valence-corrected chi connectivity index (χ1v) is 8.37. The van der Waals surface area contributed by atoms with Crippen molar-refractivity contribution in [1.82, 2.24) is 15.5 Å². The summed E-state index contributed by atoms with van der Waals surface area (Å²) >= 11 is 0. The predicted octanol–water partition coefficient (Wildman–Crippen LogP) is 4.04. The zero-order valence-corrected chi connectivity index (χ0v) is 15.1. The minimum atomic E-state index is -0.193. The molecule has 0 radical (unpaired) electrons. The summed E-state index contributed by atoms with van der Waals surface area (Å²) in [5.74, 6) is 1.24. The highest BCUT2D eigenvalue weighted by atomic mass is 16.1. The van der Waals surface area contributed by atoms with Gasteiger partial charge in [0.1, 0.15) is 0 Å². The number of hydrogen-bond donors (Lipinski definition) is 2. The molecule has 1 heterocycles. The highest BCUT2D eigenvalue weighted by molar-refractivity contribution is 5.92. The number of hydrogen-bond acceptors (Lipinski definition) is 4. The lowest BCUT2D eigenvalue weighted by Gasteiger charge is -2.16. The number of carbonyl (C=O) groups excluding carboxylic acids is 1. The largest absolute Gasteiger partial charge is 0.350 e. The first-order chi connectivity index (χ1) is 11.4. The molecule has 5 heteroatoms. The van der Waals surface area contributed by atoms with Crippen LogP contribution in [-0.4, -0.2) is 22.6 Å². The Bertz CT molecular complexity index is 693. The molecule has 0 unspecified atom stereocenters. The minimum absolute atomic E-state index is 0.193. The zero-order valence-electron chi connectivity index (χ0n) is 15.1. The first-order valence-electron chi connectivity index (χ1n) is 8.37. The number of carbonyl (C=O) groups is 1. The molecule has 2 aromatic rings. The van der Waals surface area contributed by atoms with Crippen LogP contribution in [0.3, 0.4) is 0 Å². The molecule has 1 aromatic carbocycles. The molecule has 0 bridgehead atoms. The molecule has 2 N–H and O–H groups in total. The Morgan fingerprint density at radius 3 is 2.42 bits per heavy atom. The minimum Gasteiger partial charge on any atom is -0.350 e. The molecule has 1 amide bonds. The Labute approximate surface area is 143 Å². The standard InChI is InChI=1S/C19H26N4O/c1-12(2)11-20-19(24)16-9-10-17(23-22-16)21-18-14(5)7-6-8-15(18)13(3)4/h6-10,12-13H,11H2,1-5H3,(H,20,24)(H,21,23). The van der Waals surface area contributed by atoms with Gasteiger partial charge in [-0.2, -0.15) is 0 Å². The normalized spacial score (nSPS) is 11.0. The first kappa shape index (κ1) is 17.9. The molecule has 0 saturated heterocycles. The number of anilines is 2. The van der Waals surface area contributed by atoms with Crippen molar-refractivity contribution in [3.63, 3.8) is 0 Å². The van der Waals surface area contributed by atoms with E-state index in [9.17, 15) is 4.79 Å². The monoisotopic (exact) mass is 326 g/mol. The third kappa shape index (κ3) is 4.54. The number of aromatic nitrogens is 2. The molecule has 0 spiro atoms. The van der Waals surface area contributed by atoms with Crippen molar-refractivity contribution in [2.75, 3.05) is 11.9 Å². The van der Waals surface area contributed by atoms with Crippen molar-refractivity contribution >= 4 is 17.4 Å². The summed E-state index contributed by atoms with van der Waals surface area (Å²) < 4.78 is 0. The third-order valence-electron chi connectivity index (χ3n) is 3.75. The van der Waals surface area contributed by atoms with Crippen molar-refractivity contribution in [3.8, 4) is 0 Å². The molecule has 24 heavy (non-hydrogen) atoms. The summed E-state index contributed by atoms with van der Waals surface area (Å²) in [5, 5.41) is 14.3. The van der Waals surface area contributed by atoms with Gasteiger partial charge in [-0.25, -0.2) is 0 Å². The van der Waals surface area contributed by atoms with Gasteiger partial charge in [0.2, 0.25) is 0 Å². The van der Waals surface area contributed by atoms with Gasteiger partial charge in [-0.1, -0.05) is 45.9 Å². The summed E-state index contributed by atoms with van der Waals surface area (Å²) in [6.45, 7) is 11.1. The van der Waals surface area contributed by atoms with E-state index in [0.717, 1.165) is 11.3 Å². The van der Waals surface area contributed by atoms with E-state index in [1.807, 2.05) is 13.8 Å². The van der Waals surface area contributed by atoms with E-state index in [2.05, 4.69) is 59.8 Å². The van der Waals surface area contributed by atoms with E-state index in [0.29, 0.717) is 29.9 Å². The van der Waals surface area contributed by atoms with Gasteiger partial charge >= 0.3 is 0 Å². The Balaban J connectivity index is 2.14. The van der Waals surface area contributed by atoms with Crippen molar-refractivity contribution in [3.05, 3.63) is 47.2 Å². The van der Waals surface area contributed by atoms with Gasteiger partial charge in [0.25, 0.3) is 5.91 Å². The van der Waals surface area contributed by atoms with Crippen LogP contribution in [0.2, 0.25) is 0 Å². The van der Waals surface area contributed by atoms with E-state index < -0.39 is 0 Å². The van der Waals surface area contributed by atoms with Crippen LogP contribution in [0, 0.1) is 12.8 Å². The highest BCUT2D eigenvalue weighted by Crippen LogP contribution is 2.29. The summed E-state index contributed by atoms with van der Waals surface area (Å²) in [5.41, 5.74) is 3.77. The topological polar surface area (TPSA) is 66.9 Å². The maximum absolute atomic E-state index is 12.0. The number of aryl methyl sites for hydroxylation is 1. The molecular formula is C19H26N4O. The zero-order chi connectivity index (χ0) is 17.7. The van der Waals surface area contributed by atoms with Crippen molar-refractivity contribution < 1.29 is 4.79 Å². The molecular weight excluding hydrogens is 300 g/mol. The second-order valence-corrected chi connectivity index (χ2v) is 6.73. The van der Waals surface area contributed by atoms with Gasteiger partial charge in [0.05, 0.1) is 0 Å². The van der Waals surface area contributed by atoms with E-state index in [1.54, 1.807) is 12.1 Å². The number of nitrogens with zero attached hydrogens (tertiary/aromatic N) is 2. The van der Waals surface area contributed by atoms with Crippen LogP contribution in [0.4, 0.5) is 11.5 Å². The van der Waals surface area contributed by atoms with E-state index in [-0.39, 0.29) is 5.91 Å². The van der Waals surface area contributed by atoms with Crippen LogP contribution >= 0.6 is 0 Å². The lowest BCUT2D eigenvalue weighted by molar-refractivity contribution is 0.0943. The molecule has 2 rings (SSSR count). The third-order valence-corrected chi connectivity index (χ3v) is 3.75. The van der Waals surface area contributed by atoms with Crippen LogP contribution in [0.1, 0.15) is 55.2 Å². The lowest BCUT2D eigenvalue weighted by Crippen LogP contribution is -2.28. The van der Waals surface area contributed by atoms with Gasteiger partial charge in [-0.05, 0) is 42.0 Å². The fourth-order valence-corrected chi connectivity index (χ4v) is 2.38. The maximum atomic E-state index is 12.0. The smallest absolute Gasteiger partial charge is 0.271 e. The van der Waals surface area contributed by atoms with Crippen LogP contribution < -0.4 is 10.6 Å². The molecule has 1 aromatic heterocycles. The fourth-order valence-electron chi connectivity index (χ4n) is 2.38. The number of nitrogens with one attached hydrogen (secondary N) is 2. The quantitative estimate of drug-likeness (QED) is 0.841. The summed E-state index contributed by atoms with van der Waals surface area (Å²) in [4.78, 5) is 12.0. The van der Waals surface area contributed by atoms with Crippen LogP contribution in [0.5, 0.6) is 0 Å². The molecule has 128 valence electrons. The van der Waals surface area contributed by atoms with Gasteiger partial charge < -0.3 is 10.6 Å². The second kappa shape index (κ2) is 7.90. The molecule has 0 fully saturated rings. The molecule has 0 saturated carbocycles. The Morgan fingerprint density at radius 1 is 1.08 bits per heavy atom. The summed E-state index contributed by atoms with van der Waals surface area (Å²) in [6, 6.07) is 9.71. The van der Waals surface area contributed by atoms with Crippen molar-refractivity contribution in [2.45, 2.75) is 40.5 Å². The van der Waals surface area contributed by atoms with Crippen LogP contribution in [0.15, 0.2) is 30.3 Å². The lowest BCUT2D eigenvalue weighted by atomic mass is 9.98. The molecule has 5 nitrogen and oxygen atoms in total. The fraction of sp³-hybridized carbons (Fsp3) is 0.421. The maximum Gasteiger partial charge on any atom is 0.271 e.